The topological polar surface area (TPSA) is 30.3 Å². The van der Waals surface area contributed by atoms with E-state index in [9.17, 15) is 0 Å². The molecule has 1 saturated heterocycles. The van der Waals surface area contributed by atoms with Crippen molar-refractivity contribution in [1.29, 1.82) is 0 Å². The van der Waals surface area contributed by atoms with Gasteiger partial charge in [-0.3, -0.25) is 0 Å². The number of nitrogens with zero attached hydrogens (tertiary/aromatic N) is 3. The van der Waals surface area contributed by atoms with Gasteiger partial charge in [0, 0.05) is 18.7 Å². The van der Waals surface area contributed by atoms with Gasteiger partial charge in [-0.2, -0.15) is 0 Å². The highest BCUT2D eigenvalue weighted by Gasteiger charge is 2.25. The Balaban J connectivity index is 2.13. The lowest BCUT2D eigenvalue weighted by molar-refractivity contribution is 0.392. The molecule has 19 heavy (non-hydrogen) atoms. The van der Waals surface area contributed by atoms with Crippen molar-refractivity contribution in [2.24, 2.45) is 0 Å². The van der Waals surface area contributed by atoms with Gasteiger partial charge in [0.25, 0.3) is 0 Å². The van der Waals surface area contributed by atoms with Gasteiger partial charge < -0.3 is 14.2 Å². The summed E-state index contributed by atoms with van der Waals surface area (Å²) in [5, 5.41) is 0. The molecule has 5 heteroatoms. The summed E-state index contributed by atoms with van der Waals surface area (Å²) in [5.74, 6) is 2.25. The van der Waals surface area contributed by atoms with E-state index in [0.717, 1.165) is 42.1 Å². The second-order valence-electron chi connectivity index (χ2n) is 5.09. The number of halogens is 1. The molecular formula is C14H18ClN3O. The molecule has 0 spiro atoms. The van der Waals surface area contributed by atoms with Crippen LogP contribution in [0.1, 0.15) is 18.3 Å². The minimum absolute atomic E-state index is 0.442. The van der Waals surface area contributed by atoms with Gasteiger partial charge >= 0.3 is 0 Å². The van der Waals surface area contributed by atoms with Gasteiger partial charge in [-0.15, -0.1) is 11.6 Å². The number of fused-ring (bicyclic) bond motifs is 1. The second kappa shape index (κ2) is 5.02. The van der Waals surface area contributed by atoms with E-state index in [-0.39, 0.29) is 0 Å². The maximum Gasteiger partial charge on any atom is 0.125 e. The summed E-state index contributed by atoms with van der Waals surface area (Å²) in [5.41, 5.74) is 2.11. The van der Waals surface area contributed by atoms with Gasteiger partial charge in [-0.1, -0.05) is 0 Å². The van der Waals surface area contributed by atoms with E-state index in [4.69, 9.17) is 16.3 Å². The van der Waals surface area contributed by atoms with E-state index in [1.54, 1.807) is 7.11 Å². The minimum Gasteiger partial charge on any atom is -0.497 e. The molecule has 1 fully saturated rings. The van der Waals surface area contributed by atoms with Gasteiger partial charge in [-0.05, 0) is 32.1 Å². The molecule has 3 rings (SSSR count). The summed E-state index contributed by atoms with van der Waals surface area (Å²) in [7, 11) is 3.84. The van der Waals surface area contributed by atoms with Gasteiger partial charge in [-0.25, -0.2) is 4.98 Å². The lowest BCUT2D eigenvalue weighted by Gasteiger charge is -2.16. The zero-order valence-electron chi connectivity index (χ0n) is 11.3. The zero-order valence-corrected chi connectivity index (χ0v) is 12.0. The number of hydrogen-bond donors (Lipinski definition) is 0. The molecule has 1 aromatic heterocycles. The zero-order chi connectivity index (χ0) is 13.4. The van der Waals surface area contributed by atoms with Gasteiger partial charge in [0.1, 0.15) is 11.6 Å². The molecule has 102 valence electrons. The first-order chi connectivity index (χ1) is 9.22. The Bertz CT molecular complexity index is 596. The molecule has 1 atom stereocenters. The summed E-state index contributed by atoms with van der Waals surface area (Å²) >= 11 is 6.06. The third-order valence-electron chi connectivity index (χ3n) is 3.82. The van der Waals surface area contributed by atoms with Crippen molar-refractivity contribution in [3.05, 3.63) is 24.0 Å². The molecule has 0 bridgehead atoms. The van der Waals surface area contributed by atoms with Gasteiger partial charge in [0.05, 0.1) is 24.0 Å². The van der Waals surface area contributed by atoms with E-state index in [1.807, 2.05) is 12.1 Å². The van der Waals surface area contributed by atoms with Crippen molar-refractivity contribution in [3.63, 3.8) is 0 Å². The highest BCUT2D eigenvalue weighted by Crippen LogP contribution is 2.30. The summed E-state index contributed by atoms with van der Waals surface area (Å²) in [4.78, 5) is 6.98. The Morgan fingerprint density at radius 2 is 2.32 bits per heavy atom. The van der Waals surface area contributed by atoms with Crippen LogP contribution >= 0.6 is 11.6 Å². The lowest BCUT2D eigenvalue weighted by Crippen LogP contribution is -2.17. The fourth-order valence-corrected chi connectivity index (χ4v) is 3.06. The molecule has 2 aromatic rings. The van der Waals surface area contributed by atoms with Crippen LogP contribution in [0, 0.1) is 0 Å². The molecule has 4 nitrogen and oxygen atoms in total. The van der Waals surface area contributed by atoms with Crippen LogP contribution < -0.4 is 4.74 Å². The van der Waals surface area contributed by atoms with Crippen molar-refractivity contribution in [1.82, 2.24) is 14.5 Å². The predicted octanol–water partition coefficient (Wildman–Crippen LogP) is 2.66. The molecule has 1 aliphatic rings. The van der Waals surface area contributed by atoms with E-state index in [0.29, 0.717) is 11.9 Å². The number of rotatable bonds is 3. The molecule has 0 aliphatic carbocycles. The summed E-state index contributed by atoms with van der Waals surface area (Å²) in [6, 6.07) is 6.45. The van der Waals surface area contributed by atoms with Gasteiger partial charge in [0.2, 0.25) is 0 Å². The van der Waals surface area contributed by atoms with Crippen molar-refractivity contribution in [2.75, 3.05) is 27.2 Å². The van der Waals surface area contributed by atoms with Crippen molar-refractivity contribution in [3.8, 4) is 5.75 Å². The van der Waals surface area contributed by atoms with Crippen LogP contribution in [0.15, 0.2) is 18.2 Å². The molecule has 0 radical (unpaired) electrons. The highest BCUT2D eigenvalue weighted by atomic mass is 35.5. The molecular weight excluding hydrogens is 262 g/mol. The fourth-order valence-electron chi connectivity index (χ4n) is 2.87. The van der Waals surface area contributed by atoms with Crippen LogP contribution in [0.2, 0.25) is 0 Å². The third-order valence-corrected chi connectivity index (χ3v) is 4.06. The average molecular weight is 280 g/mol. The fraction of sp³-hybridized carbons (Fsp3) is 0.500. The molecule has 1 aliphatic heterocycles. The van der Waals surface area contributed by atoms with Crippen LogP contribution in [-0.2, 0) is 5.88 Å². The Labute approximate surface area is 117 Å². The smallest absolute Gasteiger partial charge is 0.125 e. The van der Waals surface area contributed by atoms with E-state index in [1.165, 1.54) is 0 Å². The van der Waals surface area contributed by atoms with Crippen LogP contribution in [0.3, 0.4) is 0 Å². The number of hydrogen-bond acceptors (Lipinski definition) is 3. The highest BCUT2D eigenvalue weighted by molar-refractivity contribution is 6.16. The molecule has 2 heterocycles. The van der Waals surface area contributed by atoms with Gasteiger partial charge in [0.15, 0.2) is 0 Å². The Morgan fingerprint density at radius 3 is 2.95 bits per heavy atom. The quantitative estimate of drug-likeness (QED) is 0.809. The van der Waals surface area contributed by atoms with Crippen LogP contribution in [0.25, 0.3) is 11.0 Å². The summed E-state index contributed by atoms with van der Waals surface area (Å²) in [6.45, 7) is 2.17. The summed E-state index contributed by atoms with van der Waals surface area (Å²) in [6.07, 6.45) is 1.14. The standard InChI is InChI=1S/C14H18ClN3O/c1-17-6-5-10(9-17)18-13-7-11(19-2)3-4-12(13)16-14(18)8-15/h3-4,7,10H,5-6,8-9H2,1-2H3. The Kier molecular flexibility index (Phi) is 3.37. The first kappa shape index (κ1) is 12.8. The van der Waals surface area contributed by atoms with E-state index >= 15 is 0 Å². The molecule has 0 amide bonds. The van der Waals surface area contributed by atoms with Crippen molar-refractivity contribution in [2.45, 2.75) is 18.3 Å². The lowest BCUT2D eigenvalue weighted by atomic mass is 10.2. The number of imidazole rings is 1. The predicted molar refractivity (Wildman–Crippen MR) is 77.0 cm³/mol. The van der Waals surface area contributed by atoms with Crippen LogP contribution in [0.5, 0.6) is 5.75 Å². The second-order valence-corrected chi connectivity index (χ2v) is 5.36. The number of ether oxygens (including phenoxy) is 1. The number of likely N-dealkylation sites (tertiary alicyclic amines) is 1. The molecule has 1 unspecified atom stereocenters. The van der Waals surface area contributed by atoms with Crippen molar-refractivity contribution >= 4 is 22.6 Å². The first-order valence-electron chi connectivity index (χ1n) is 6.52. The van der Waals surface area contributed by atoms with Crippen molar-refractivity contribution < 1.29 is 4.74 Å². The normalized spacial score (nSPS) is 20.3. The minimum atomic E-state index is 0.442. The number of methoxy groups -OCH3 is 1. The summed E-state index contributed by atoms with van der Waals surface area (Å²) < 4.78 is 7.61. The third kappa shape index (κ3) is 2.19. The monoisotopic (exact) mass is 279 g/mol. The van der Waals surface area contributed by atoms with Crippen LogP contribution in [0.4, 0.5) is 0 Å². The number of aromatic nitrogens is 2. The molecule has 1 aromatic carbocycles. The SMILES string of the molecule is COc1ccc2nc(CCl)n(C3CCN(C)C3)c2c1. The molecule has 0 N–H and O–H groups in total. The average Bonchev–Trinajstić information content (AvgIpc) is 3.00. The number of alkyl halides is 1. The largest absolute Gasteiger partial charge is 0.497 e. The number of likely N-dealkylation sites (N-methyl/N-ethyl adjacent to an activating group) is 1. The van der Waals surface area contributed by atoms with Crippen LogP contribution in [-0.4, -0.2) is 41.7 Å². The van der Waals surface area contributed by atoms with E-state index < -0.39 is 0 Å². The Morgan fingerprint density at radius 1 is 1.47 bits per heavy atom. The Hall–Kier alpha value is -1.26. The molecule has 0 saturated carbocycles. The first-order valence-corrected chi connectivity index (χ1v) is 7.05. The number of benzene rings is 1. The maximum atomic E-state index is 6.06. The van der Waals surface area contributed by atoms with E-state index in [2.05, 4.69) is 27.6 Å². The maximum absolute atomic E-state index is 6.06.